The molecule has 1 saturated heterocycles. The molecule has 2 atom stereocenters. The quantitative estimate of drug-likeness (QED) is 0.690. The molecule has 0 unspecified atom stereocenters. The van der Waals surface area contributed by atoms with Gasteiger partial charge in [0.1, 0.15) is 0 Å². The van der Waals surface area contributed by atoms with Gasteiger partial charge >= 0.3 is 12.0 Å². The molecule has 0 aromatic heterocycles. The fourth-order valence-corrected chi connectivity index (χ4v) is 5.11. The third kappa shape index (κ3) is 6.64. The summed E-state index contributed by atoms with van der Waals surface area (Å²) in [5.74, 6) is -1.52. The van der Waals surface area contributed by atoms with Crippen LogP contribution in [-0.4, -0.2) is 50.0 Å². The predicted octanol–water partition coefficient (Wildman–Crippen LogP) is 0.901. The third-order valence-corrected chi connectivity index (χ3v) is 6.47. The summed E-state index contributed by atoms with van der Waals surface area (Å²) >= 11 is 0. The van der Waals surface area contributed by atoms with E-state index in [2.05, 4.69) is 10.6 Å². The molecule has 0 aromatic rings. The predicted molar refractivity (Wildman–Crippen MR) is 90.5 cm³/mol. The zero-order valence-corrected chi connectivity index (χ0v) is 15.3. The van der Waals surface area contributed by atoms with Crippen molar-refractivity contribution < 1.29 is 27.5 Å². The Morgan fingerprint density at radius 2 is 1.80 bits per heavy atom. The lowest BCUT2D eigenvalue weighted by atomic mass is 9.96. The van der Waals surface area contributed by atoms with Crippen LogP contribution < -0.4 is 10.6 Å². The number of carbonyl (C=O) groups excluding carboxylic acids is 3. The summed E-state index contributed by atoms with van der Waals surface area (Å²) in [5, 5.41) is 4.92. The Morgan fingerprint density at radius 1 is 1.12 bits per heavy atom. The number of carbonyl (C=O) groups is 3. The molecule has 0 radical (unpaired) electrons. The standard InChI is InChI=1S/C16H26N2O6S/c1-11(24-14(19)9-12-7-8-25(22,23)10-12)15(20)18-16(21)17-13-5-3-2-4-6-13/h11-13H,2-10H2,1H3,(H2,17,18,20,21)/t11-,12-/m1/s1. The van der Waals surface area contributed by atoms with E-state index in [-0.39, 0.29) is 29.9 Å². The van der Waals surface area contributed by atoms with Gasteiger partial charge in [0.2, 0.25) is 0 Å². The van der Waals surface area contributed by atoms with Gasteiger partial charge in [-0.2, -0.15) is 0 Å². The van der Waals surface area contributed by atoms with Gasteiger partial charge in [-0.1, -0.05) is 19.3 Å². The monoisotopic (exact) mass is 374 g/mol. The summed E-state index contributed by atoms with van der Waals surface area (Å²) in [7, 11) is -3.06. The molecule has 1 saturated carbocycles. The number of esters is 1. The second-order valence-electron chi connectivity index (χ2n) is 6.90. The van der Waals surface area contributed by atoms with Gasteiger partial charge in [0.15, 0.2) is 15.9 Å². The molecule has 0 bridgehead atoms. The van der Waals surface area contributed by atoms with E-state index in [1.165, 1.54) is 6.92 Å². The van der Waals surface area contributed by atoms with Crippen LogP contribution in [0.15, 0.2) is 0 Å². The third-order valence-electron chi connectivity index (χ3n) is 4.64. The maximum Gasteiger partial charge on any atom is 0.321 e. The van der Waals surface area contributed by atoms with Crippen LogP contribution in [0.3, 0.4) is 0 Å². The van der Waals surface area contributed by atoms with Crippen molar-refractivity contribution in [2.24, 2.45) is 5.92 Å². The number of hydrogen-bond donors (Lipinski definition) is 2. The molecule has 1 aliphatic carbocycles. The Morgan fingerprint density at radius 3 is 2.40 bits per heavy atom. The number of amides is 3. The zero-order chi connectivity index (χ0) is 18.4. The van der Waals surface area contributed by atoms with E-state index in [4.69, 9.17) is 4.74 Å². The van der Waals surface area contributed by atoms with Crippen LogP contribution in [0.2, 0.25) is 0 Å². The second kappa shape index (κ2) is 8.64. The number of hydrogen-bond acceptors (Lipinski definition) is 6. The highest BCUT2D eigenvalue weighted by Gasteiger charge is 2.31. The van der Waals surface area contributed by atoms with E-state index in [1.54, 1.807) is 0 Å². The van der Waals surface area contributed by atoms with Gasteiger partial charge in [0, 0.05) is 12.5 Å². The molecule has 2 fully saturated rings. The maximum absolute atomic E-state index is 11.9. The molecule has 142 valence electrons. The Kier molecular flexibility index (Phi) is 6.80. The molecular formula is C16H26N2O6S. The summed E-state index contributed by atoms with van der Waals surface area (Å²) in [6.07, 6.45) is 4.36. The SMILES string of the molecule is C[C@@H](OC(=O)C[C@H]1CCS(=O)(=O)C1)C(=O)NC(=O)NC1CCCCC1. The van der Waals surface area contributed by atoms with Gasteiger partial charge in [0.05, 0.1) is 11.5 Å². The molecule has 2 N–H and O–H groups in total. The van der Waals surface area contributed by atoms with Crippen LogP contribution in [0.5, 0.6) is 0 Å². The molecule has 9 heteroatoms. The van der Waals surface area contributed by atoms with Gasteiger partial charge in [-0.15, -0.1) is 0 Å². The molecule has 25 heavy (non-hydrogen) atoms. The number of rotatable bonds is 5. The molecule has 1 aliphatic heterocycles. The number of imide groups is 1. The minimum atomic E-state index is -3.06. The first kappa shape index (κ1) is 19.7. The number of nitrogens with one attached hydrogen (secondary N) is 2. The number of sulfone groups is 1. The van der Waals surface area contributed by atoms with Crippen LogP contribution in [0.1, 0.15) is 51.9 Å². The molecule has 3 amide bonds. The number of urea groups is 1. The molecule has 8 nitrogen and oxygen atoms in total. The van der Waals surface area contributed by atoms with Crippen molar-refractivity contribution in [2.45, 2.75) is 64.0 Å². The maximum atomic E-state index is 11.9. The zero-order valence-electron chi connectivity index (χ0n) is 14.5. The molecule has 1 heterocycles. The van der Waals surface area contributed by atoms with Crippen molar-refractivity contribution in [3.05, 3.63) is 0 Å². The summed E-state index contributed by atoms with van der Waals surface area (Å²) in [6, 6.07) is -0.509. The summed E-state index contributed by atoms with van der Waals surface area (Å²) in [4.78, 5) is 35.6. The van der Waals surface area contributed by atoms with Crippen molar-refractivity contribution in [3.63, 3.8) is 0 Å². The highest BCUT2D eigenvalue weighted by atomic mass is 32.2. The normalized spacial score (nSPS) is 24.3. The first-order valence-corrected chi connectivity index (χ1v) is 10.6. The van der Waals surface area contributed by atoms with E-state index >= 15 is 0 Å². The Balaban J connectivity index is 1.70. The van der Waals surface area contributed by atoms with Crippen LogP contribution in [0, 0.1) is 5.92 Å². The highest BCUT2D eigenvalue weighted by molar-refractivity contribution is 7.91. The van der Waals surface area contributed by atoms with Gasteiger partial charge in [-0.25, -0.2) is 13.2 Å². The summed E-state index contributed by atoms with van der Waals surface area (Å²) in [6.45, 7) is 1.38. The lowest BCUT2D eigenvalue weighted by Gasteiger charge is -2.23. The number of ether oxygens (including phenoxy) is 1. The second-order valence-corrected chi connectivity index (χ2v) is 9.13. The van der Waals surface area contributed by atoms with Crippen LogP contribution in [-0.2, 0) is 24.2 Å². The first-order chi connectivity index (χ1) is 11.7. The van der Waals surface area contributed by atoms with Gasteiger partial charge in [-0.3, -0.25) is 14.9 Å². The van der Waals surface area contributed by atoms with Crippen molar-refractivity contribution in [1.82, 2.24) is 10.6 Å². The molecule has 0 aromatic carbocycles. The fraction of sp³-hybridized carbons (Fsp3) is 0.812. The molecule has 0 spiro atoms. The smallest absolute Gasteiger partial charge is 0.321 e. The minimum absolute atomic E-state index is 0.0214. The molecular weight excluding hydrogens is 348 g/mol. The van der Waals surface area contributed by atoms with E-state index in [9.17, 15) is 22.8 Å². The first-order valence-electron chi connectivity index (χ1n) is 8.76. The molecule has 2 rings (SSSR count). The molecule has 2 aliphatic rings. The Bertz CT molecular complexity index is 612. The van der Waals surface area contributed by atoms with Crippen LogP contribution in [0.25, 0.3) is 0 Å². The lowest BCUT2D eigenvalue weighted by molar-refractivity contribution is -0.155. The van der Waals surface area contributed by atoms with E-state index < -0.39 is 33.8 Å². The van der Waals surface area contributed by atoms with Crippen molar-refractivity contribution in [3.8, 4) is 0 Å². The highest BCUT2D eigenvalue weighted by Crippen LogP contribution is 2.22. The average molecular weight is 374 g/mol. The largest absolute Gasteiger partial charge is 0.453 e. The fourth-order valence-electron chi connectivity index (χ4n) is 3.25. The van der Waals surface area contributed by atoms with Gasteiger partial charge in [-0.05, 0) is 32.1 Å². The average Bonchev–Trinajstić information content (AvgIpc) is 2.86. The topological polar surface area (TPSA) is 119 Å². The summed E-state index contributed by atoms with van der Waals surface area (Å²) < 4.78 is 27.8. The van der Waals surface area contributed by atoms with Crippen molar-refractivity contribution in [2.75, 3.05) is 11.5 Å². The van der Waals surface area contributed by atoms with E-state index in [0.29, 0.717) is 6.42 Å². The Labute approximate surface area is 148 Å². The Hall–Kier alpha value is -1.64. The van der Waals surface area contributed by atoms with Gasteiger partial charge in [0.25, 0.3) is 5.91 Å². The van der Waals surface area contributed by atoms with Gasteiger partial charge < -0.3 is 10.1 Å². The minimum Gasteiger partial charge on any atom is -0.453 e. The van der Waals surface area contributed by atoms with E-state index in [1.807, 2.05) is 0 Å². The van der Waals surface area contributed by atoms with Crippen LogP contribution in [0.4, 0.5) is 4.79 Å². The van der Waals surface area contributed by atoms with Crippen LogP contribution >= 0.6 is 0 Å². The van der Waals surface area contributed by atoms with Crippen molar-refractivity contribution >= 4 is 27.7 Å². The van der Waals surface area contributed by atoms with E-state index in [0.717, 1.165) is 32.1 Å². The van der Waals surface area contributed by atoms with Crippen molar-refractivity contribution in [1.29, 1.82) is 0 Å². The summed E-state index contributed by atoms with van der Waals surface area (Å²) in [5.41, 5.74) is 0. The lowest BCUT2D eigenvalue weighted by Crippen LogP contribution is -2.48.